The molecule has 5 nitrogen and oxygen atoms in total. The molecule has 0 saturated carbocycles. The molecule has 0 bridgehead atoms. The van der Waals surface area contributed by atoms with Gasteiger partial charge in [0.05, 0.1) is 6.04 Å². The van der Waals surface area contributed by atoms with Gasteiger partial charge in [0.1, 0.15) is 12.4 Å². The van der Waals surface area contributed by atoms with Crippen LogP contribution in [0.4, 0.5) is 18.0 Å². The van der Waals surface area contributed by atoms with Gasteiger partial charge in [-0.1, -0.05) is 17.7 Å². The van der Waals surface area contributed by atoms with E-state index >= 15 is 0 Å². The van der Waals surface area contributed by atoms with Crippen LogP contribution in [-0.2, 0) is 0 Å². The quantitative estimate of drug-likeness (QED) is 0.717. The summed E-state index contributed by atoms with van der Waals surface area (Å²) >= 11 is 0. The van der Waals surface area contributed by atoms with E-state index in [9.17, 15) is 18.0 Å². The third-order valence-corrected chi connectivity index (χ3v) is 2.98. The molecule has 0 aliphatic rings. The third kappa shape index (κ3) is 7.73. The molecule has 0 unspecified atom stereocenters. The van der Waals surface area contributed by atoms with Gasteiger partial charge in [-0.3, -0.25) is 0 Å². The van der Waals surface area contributed by atoms with E-state index in [1.807, 2.05) is 19.1 Å². The van der Waals surface area contributed by atoms with E-state index in [0.29, 0.717) is 5.75 Å². The minimum atomic E-state index is -4.67. The van der Waals surface area contributed by atoms with Crippen molar-refractivity contribution < 1.29 is 27.8 Å². The number of halogens is 3. The molecule has 1 aromatic rings. The van der Waals surface area contributed by atoms with Gasteiger partial charge in [-0.2, -0.15) is 13.2 Å². The van der Waals surface area contributed by atoms with Crippen molar-refractivity contribution in [2.24, 2.45) is 0 Å². The maximum Gasteiger partial charge on any atom is 0.414 e. The van der Waals surface area contributed by atoms with Crippen LogP contribution in [0.15, 0.2) is 24.3 Å². The molecular formula is C15H21F3N2O3. The molecule has 130 valence electrons. The standard InChI is InChI=1S/C15H21F3N2O3/c1-10-3-5-12(6-4-10)23-9-11(2)20-14(22)19-8-7-13(21)15(16,17)18/h3-6,11,13,21H,7-9H2,1-2H3,(H2,19,20,22)/t11-,13-/m0/s1. The Hall–Kier alpha value is -1.96. The fourth-order valence-corrected chi connectivity index (χ4v) is 1.66. The topological polar surface area (TPSA) is 70.6 Å². The van der Waals surface area contributed by atoms with E-state index in [0.717, 1.165) is 5.56 Å². The Labute approximate surface area is 132 Å². The first-order valence-electron chi connectivity index (χ1n) is 7.17. The van der Waals surface area contributed by atoms with Crippen LogP contribution in [0.5, 0.6) is 5.75 Å². The number of carbonyl (C=O) groups excluding carboxylic acids is 1. The van der Waals surface area contributed by atoms with Crippen molar-refractivity contribution in [3.63, 3.8) is 0 Å². The molecule has 8 heteroatoms. The van der Waals surface area contributed by atoms with Gasteiger partial charge in [-0.25, -0.2) is 4.79 Å². The van der Waals surface area contributed by atoms with Crippen molar-refractivity contribution in [1.29, 1.82) is 0 Å². The van der Waals surface area contributed by atoms with Gasteiger partial charge in [0.2, 0.25) is 0 Å². The minimum Gasteiger partial charge on any atom is -0.491 e. The highest BCUT2D eigenvalue weighted by atomic mass is 19.4. The van der Waals surface area contributed by atoms with Crippen molar-refractivity contribution in [3.8, 4) is 5.75 Å². The number of ether oxygens (including phenoxy) is 1. The van der Waals surface area contributed by atoms with Gasteiger partial charge in [0, 0.05) is 6.54 Å². The summed E-state index contributed by atoms with van der Waals surface area (Å²) in [7, 11) is 0. The van der Waals surface area contributed by atoms with Crippen LogP contribution in [0.25, 0.3) is 0 Å². The number of carbonyl (C=O) groups is 1. The second kappa shape index (κ2) is 8.61. The van der Waals surface area contributed by atoms with E-state index in [2.05, 4.69) is 10.6 Å². The number of alkyl halides is 3. The van der Waals surface area contributed by atoms with Crippen LogP contribution in [0.1, 0.15) is 18.9 Å². The third-order valence-electron chi connectivity index (χ3n) is 2.98. The molecule has 0 fully saturated rings. The lowest BCUT2D eigenvalue weighted by molar-refractivity contribution is -0.204. The first-order chi connectivity index (χ1) is 10.7. The van der Waals surface area contributed by atoms with Crippen LogP contribution in [-0.4, -0.2) is 42.6 Å². The Balaban J connectivity index is 2.22. The maximum absolute atomic E-state index is 12.1. The van der Waals surface area contributed by atoms with E-state index < -0.39 is 24.7 Å². The number of urea groups is 1. The summed E-state index contributed by atoms with van der Waals surface area (Å²) in [4.78, 5) is 11.5. The number of rotatable bonds is 7. The zero-order valence-electron chi connectivity index (χ0n) is 13.0. The Morgan fingerprint density at radius 3 is 2.48 bits per heavy atom. The van der Waals surface area contributed by atoms with Gasteiger partial charge in [0.25, 0.3) is 0 Å². The molecule has 0 aromatic heterocycles. The molecule has 1 aromatic carbocycles. The first-order valence-corrected chi connectivity index (χ1v) is 7.17. The van der Waals surface area contributed by atoms with E-state index in [-0.39, 0.29) is 19.2 Å². The van der Waals surface area contributed by atoms with E-state index in [1.54, 1.807) is 19.1 Å². The highest BCUT2D eigenvalue weighted by Gasteiger charge is 2.37. The average Bonchev–Trinajstić information content (AvgIpc) is 2.45. The van der Waals surface area contributed by atoms with Gasteiger partial charge in [0.15, 0.2) is 6.10 Å². The number of amides is 2. The fraction of sp³-hybridized carbons (Fsp3) is 0.533. The van der Waals surface area contributed by atoms with Crippen molar-refractivity contribution in [2.75, 3.05) is 13.2 Å². The maximum atomic E-state index is 12.1. The Morgan fingerprint density at radius 1 is 1.30 bits per heavy atom. The fourth-order valence-electron chi connectivity index (χ4n) is 1.66. The number of hydrogen-bond donors (Lipinski definition) is 3. The van der Waals surface area contributed by atoms with Gasteiger partial charge < -0.3 is 20.5 Å². The second-order valence-electron chi connectivity index (χ2n) is 5.27. The van der Waals surface area contributed by atoms with Gasteiger partial charge in [-0.05, 0) is 32.4 Å². The van der Waals surface area contributed by atoms with Crippen molar-refractivity contribution in [3.05, 3.63) is 29.8 Å². The molecule has 0 heterocycles. The molecular weight excluding hydrogens is 313 g/mol. The molecule has 1 rings (SSSR count). The first kappa shape index (κ1) is 19.1. The molecule has 0 aliphatic heterocycles. The van der Waals surface area contributed by atoms with Crippen LogP contribution in [0, 0.1) is 6.92 Å². The highest BCUT2D eigenvalue weighted by Crippen LogP contribution is 2.21. The number of aryl methyl sites for hydroxylation is 1. The summed E-state index contributed by atoms with van der Waals surface area (Å²) in [6.07, 6.45) is -7.71. The molecule has 23 heavy (non-hydrogen) atoms. The number of nitrogens with one attached hydrogen (secondary N) is 2. The summed E-state index contributed by atoms with van der Waals surface area (Å²) in [5.41, 5.74) is 1.10. The summed E-state index contributed by atoms with van der Waals surface area (Å²) in [6, 6.07) is 6.46. The normalized spacial score (nSPS) is 14.0. The Kier molecular flexibility index (Phi) is 7.15. The predicted octanol–water partition coefficient (Wildman–Crippen LogP) is 2.37. The second-order valence-corrected chi connectivity index (χ2v) is 5.27. The molecule has 0 saturated heterocycles. The predicted molar refractivity (Wildman–Crippen MR) is 79.3 cm³/mol. The molecule has 0 spiro atoms. The average molecular weight is 334 g/mol. The Morgan fingerprint density at radius 2 is 1.91 bits per heavy atom. The highest BCUT2D eigenvalue weighted by molar-refractivity contribution is 5.74. The van der Waals surface area contributed by atoms with Crippen LogP contribution in [0.2, 0.25) is 0 Å². The van der Waals surface area contributed by atoms with E-state index in [1.165, 1.54) is 0 Å². The van der Waals surface area contributed by atoms with Gasteiger partial charge >= 0.3 is 12.2 Å². The lowest BCUT2D eigenvalue weighted by Crippen LogP contribution is -2.44. The van der Waals surface area contributed by atoms with Crippen LogP contribution >= 0.6 is 0 Å². The molecule has 2 amide bonds. The molecule has 0 aliphatic carbocycles. The molecule has 2 atom stereocenters. The lowest BCUT2D eigenvalue weighted by Gasteiger charge is -2.17. The molecule has 0 radical (unpaired) electrons. The molecule has 3 N–H and O–H groups in total. The number of aliphatic hydroxyl groups is 1. The van der Waals surface area contributed by atoms with Crippen molar-refractivity contribution >= 4 is 6.03 Å². The lowest BCUT2D eigenvalue weighted by atomic mass is 10.2. The monoisotopic (exact) mass is 334 g/mol. The Bertz CT molecular complexity index is 492. The van der Waals surface area contributed by atoms with Crippen molar-refractivity contribution in [1.82, 2.24) is 10.6 Å². The number of hydrogen-bond acceptors (Lipinski definition) is 3. The largest absolute Gasteiger partial charge is 0.491 e. The van der Waals surface area contributed by atoms with E-state index in [4.69, 9.17) is 9.84 Å². The van der Waals surface area contributed by atoms with Crippen molar-refractivity contribution in [2.45, 2.75) is 38.6 Å². The summed E-state index contributed by atoms with van der Waals surface area (Å²) < 4.78 is 41.7. The SMILES string of the molecule is Cc1ccc(OC[C@H](C)NC(=O)NCC[C@H](O)C(F)(F)F)cc1. The summed E-state index contributed by atoms with van der Waals surface area (Å²) in [5.74, 6) is 0.665. The zero-order valence-corrected chi connectivity index (χ0v) is 13.0. The zero-order chi connectivity index (χ0) is 17.5. The smallest absolute Gasteiger partial charge is 0.414 e. The minimum absolute atomic E-state index is 0.224. The summed E-state index contributed by atoms with van der Waals surface area (Å²) in [6.45, 7) is 3.60. The van der Waals surface area contributed by atoms with Crippen LogP contribution < -0.4 is 15.4 Å². The summed E-state index contributed by atoms with van der Waals surface area (Å²) in [5, 5.41) is 13.6. The number of aliphatic hydroxyl groups excluding tert-OH is 1. The number of benzene rings is 1. The van der Waals surface area contributed by atoms with Gasteiger partial charge in [-0.15, -0.1) is 0 Å². The van der Waals surface area contributed by atoms with Crippen LogP contribution in [0.3, 0.4) is 0 Å².